The highest BCUT2D eigenvalue weighted by molar-refractivity contribution is 6.30. The average molecular weight is 267 g/mol. The van der Waals surface area contributed by atoms with Gasteiger partial charge >= 0.3 is 0 Å². The number of benzene rings is 1. The van der Waals surface area contributed by atoms with E-state index in [0.29, 0.717) is 0 Å². The SMILES string of the molecule is CC1CCCCCN1CCNc1cccc(Cl)c1. The molecule has 2 nitrogen and oxygen atoms in total. The predicted molar refractivity (Wildman–Crippen MR) is 79.4 cm³/mol. The molecule has 1 fully saturated rings. The van der Waals surface area contributed by atoms with Crippen molar-refractivity contribution in [3.8, 4) is 0 Å². The zero-order chi connectivity index (χ0) is 12.8. The Morgan fingerprint density at radius 2 is 2.22 bits per heavy atom. The first kappa shape index (κ1) is 13.7. The van der Waals surface area contributed by atoms with Crippen LogP contribution in [0.4, 0.5) is 5.69 Å². The van der Waals surface area contributed by atoms with E-state index in [0.717, 1.165) is 29.8 Å². The van der Waals surface area contributed by atoms with Crippen molar-refractivity contribution in [1.29, 1.82) is 0 Å². The monoisotopic (exact) mass is 266 g/mol. The van der Waals surface area contributed by atoms with Gasteiger partial charge in [0, 0.05) is 29.8 Å². The molecular formula is C15H23ClN2. The molecule has 18 heavy (non-hydrogen) atoms. The lowest BCUT2D eigenvalue weighted by Gasteiger charge is -2.27. The number of likely N-dealkylation sites (tertiary alicyclic amines) is 1. The van der Waals surface area contributed by atoms with Gasteiger partial charge in [-0.3, -0.25) is 4.90 Å². The first-order valence-corrected chi connectivity index (χ1v) is 7.37. The smallest absolute Gasteiger partial charge is 0.0426 e. The molecule has 1 aliphatic rings. The minimum Gasteiger partial charge on any atom is -0.384 e. The minimum atomic E-state index is 0.730. The van der Waals surface area contributed by atoms with Crippen molar-refractivity contribution in [1.82, 2.24) is 4.90 Å². The maximum Gasteiger partial charge on any atom is 0.0426 e. The summed E-state index contributed by atoms with van der Waals surface area (Å²) in [5.41, 5.74) is 1.12. The van der Waals surface area contributed by atoms with Crippen molar-refractivity contribution >= 4 is 17.3 Å². The molecule has 0 aliphatic carbocycles. The molecule has 1 saturated heterocycles. The molecule has 1 N–H and O–H groups in total. The van der Waals surface area contributed by atoms with Crippen LogP contribution in [0.25, 0.3) is 0 Å². The third-order valence-electron chi connectivity index (χ3n) is 3.74. The van der Waals surface area contributed by atoms with Gasteiger partial charge in [0.25, 0.3) is 0 Å². The third kappa shape index (κ3) is 4.18. The van der Waals surface area contributed by atoms with E-state index in [9.17, 15) is 0 Å². The van der Waals surface area contributed by atoms with Crippen LogP contribution >= 0.6 is 11.6 Å². The Morgan fingerprint density at radius 1 is 1.33 bits per heavy atom. The van der Waals surface area contributed by atoms with E-state index in [1.165, 1.54) is 32.2 Å². The molecule has 3 heteroatoms. The summed E-state index contributed by atoms with van der Waals surface area (Å²) in [5.74, 6) is 0. The molecule has 0 radical (unpaired) electrons. The predicted octanol–water partition coefficient (Wildman–Crippen LogP) is 4.02. The quantitative estimate of drug-likeness (QED) is 0.886. The van der Waals surface area contributed by atoms with Crippen LogP contribution in [0.1, 0.15) is 32.6 Å². The Hall–Kier alpha value is -0.730. The van der Waals surface area contributed by atoms with E-state index in [4.69, 9.17) is 11.6 Å². The van der Waals surface area contributed by atoms with Crippen molar-refractivity contribution in [3.63, 3.8) is 0 Å². The van der Waals surface area contributed by atoms with Gasteiger partial charge in [0.15, 0.2) is 0 Å². The summed E-state index contributed by atoms with van der Waals surface area (Å²) in [6, 6.07) is 8.67. The van der Waals surface area contributed by atoms with Gasteiger partial charge in [-0.1, -0.05) is 30.5 Å². The fourth-order valence-corrected chi connectivity index (χ4v) is 2.80. The Labute approximate surface area is 115 Å². The summed E-state index contributed by atoms with van der Waals surface area (Å²) >= 11 is 5.97. The fourth-order valence-electron chi connectivity index (χ4n) is 2.61. The van der Waals surface area contributed by atoms with Crippen LogP contribution in [0.3, 0.4) is 0 Å². The molecule has 1 atom stereocenters. The average Bonchev–Trinajstić information content (AvgIpc) is 2.55. The van der Waals surface area contributed by atoms with E-state index in [-0.39, 0.29) is 0 Å². The number of halogens is 1. The van der Waals surface area contributed by atoms with E-state index in [2.05, 4.69) is 23.2 Å². The standard InChI is InChI=1S/C15H23ClN2/c1-13-6-3-2-4-10-18(13)11-9-17-15-8-5-7-14(16)12-15/h5,7-8,12-13,17H,2-4,6,9-11H2,1H3. The summed E-state index contributed by atoms with van der Waals surface area (Å²) in [6.45, 7) is 5.71. The molecule has 1 aliphatic heterocycles. The van der Waals surface area contributed by atoms with Crippen molar-refractivity contribution in [2.75, 3.05) is 25.0 Å². The van der Waals surface area contributed by atoms with E-state index in [1.807, 2.05) is 18.2 Å². The number of rotatable bonds is 4. The van der Waals surface area contributed by atoms with Gasteiger partial charge < -0.3 is 5.32 Å². The van der Waals surface area contributed by atoms with Crippen molar-refractivity contribution in [3.05, 3.63) is 29.3 Å². The van der Waals surface area contributed by atoms with E-state index in [1.54, 1.807) is 0 Å². The van der Waals surface area contributed by atoms with Crippen LogP contribution in [0.2, 0.25) is 5.02 Å². The van der Waals surface area contributed by atoms with Gasteiger partial charge in [-0.05, 0) is 44.5 Å². The Bertz CT molecular complexity index is 367. The summed E-state index contributed by atoms with van der Waals surface area (Å²) in [7, 11) is 0. The van der Waals surface area contributed by atoms with Crippen LogP contribution in [-0.2, 0) is 0 Å². The fraction of sp³-hybridized carbons (Fsp3) is 0.600. The number of hydrogen-bond acceptors (Lipinski definition) is 2. The molecule has 1 aromatic rings. The lowest BCUT2D eigenvalue weighted by atomic mass is 10.1. The first-order chi connectivity index (χ1) is 8.75. The second-order valence-electron chi connectivity index (χ2n) is 5.17. The zero-order valence-electron chi connectivity index (χ0n) is 11.2. The number of nitrogens with one attached hydrogen (secondary N) is 1. The van der Waals surface area contributed by atoms with Crippen molar-refractivity contribution in [2.24, 2.45) is 0 Å². The van der Waals surface area contributed by atoms with Crippen LogP contribution < -0.4 is 5.32 Å². The summed E-state index contributed by atoms with van der Waals surface area (Å²) in [4.78, 5) is 2.60. The number of nitrogens with zero attached hydrogens (tertiary/aromatic N) is 1. The molecule has 0 bridgehead atoms. The zero-order valence-corrected chi connectivity index (χ0v) is 11.9. The summed E-state index contributed by atoms with van der Waals surface area (Å²) in [5, 5.41) is 4.24. The number of anilines is 1. The van der Waals surface area contributed by atoms with Gasteiger partial charge in [-0.15, -0.1) is 0 Å². The number of hydrogen-bond donors (Lipinski definition) is 1. The van der Waals surface area contributed by atoms with Crippen LogP contribution in [0.5, 0.6) is 0 Å². The highest BCUT2D eigenvalue weighted by atomic mass is 35.5. The summed E-state index contributed by atoms with van der Waals surface area (Å²) < 4.78 is 0. The van der Waals surface area contributed by atoms with Crippen LogP contribution in [0, 0.1) is 0 Å². The molecular weight excluding hydrogens is 244 g/mol. The van der Waals surface area contributed by atoms with Crippen molar-refractivity contribution < 1.29 is 0 Å². The van der Waals surface area contributed by atoms with E-state index < -0.39 is 0 Å². The second-order valence-corrected chi connectivity index (χ2v) is 5.61. The van der Waals surface area contributed by atoms with Crippen molar-refractivity contribution in [2.45, 2.75) is 38.6 Å². The molecule has 2 rings (SSSR count). The van der Waals surface area contributed by atoms with Gasteiger partial charge in [0.05, 0.1) is 0 Å². The highest BCUT2D eigenvalue weighted by Crippen LogP contribution is 2.17. The topological polar surface area (TPSA) is 15.3 Å². The molecule has 0 amide bonds. The largest absolute Gasteiger partial charge is 0.384 e. The molecule has 0 spiro atoms. The molecule has 0 aromatic heterocycles. The first-order valence-electron chi connectivity index (χ1n) is 6.99. The highest BCUT2D eigenvalue weighted by Gasteiger charge is 2.15. The lowest BCUT2D eigenvalue weighted by molar-refractivity contribution is 0.222. The third-order valence-corrected chi connectivity index (χ3v) is 3.98. The Morgan fingerprint density at radius 3 is 3.06 bits per heavy atom. The molecule has 100 valence electrons. The van der Waals surface area contributed by atoms with E-state index >= 15 is 0 Å². The lowest BCUT2D eigenvalue weighted by Crippen LogP contribution is -2.36. The second kappa shape index (κ2) is 7.01. The summed E-state index contributed by atoms with van der Waals surface area (Å²) in [6.07, 6.45) is 5.47. The minimum absolute atomic E-state index is 0.730. The van der Waals surface area contributed by atoms with Crippen LogP contribution in [-0.4, -0.2) is 30.6 Å². The normalized spacial score (nSPS) is 21.6. The maximum absolute atomic E-state index is 5.97. The Balaban J connectivity index is 1.77. The molecule has 1 heterocycles. The molecule has 0 saturated carbocycles. The molecule has 1 unspecified atom stereocenters. The van der Waals surface area contributed by atoms with Crippen LogP contribution in [0.15, 0.2) is 24.3 Å². The maximum atomic E-state index is 5.97. The molecule has 1 aromatic carbocycles. The van der Waals surface area contributed by atoms with Gasteiger partial charge in [-0.25, -0.2) is 0 Å². The van der Waals surface area contributed by atoms with Gasteiger partial charge in [0.1, 0.15) is 0 Å². The Kier molecular flexibility index (Phi) is 5.33. The van der Waals surface area contributed by atoms with Gasteiger partial charge in [0.2, 0.25) is 0 Å². The van der Waals surface area contributed by atoms with Gasteiger partial charge in [-0.2, -0.15) is 0 Å².